The summed E-state index contributed by atoms with van der Waals surface area (Å²) in [5.41, 5.74) is 0.432. The van der Waals surface area contributed by atoms with Gasteiger partial charge >= 0.3 is 65.7 Å². The summed E-state index contributed by atoms with van der Waals surface area (Å²) in [6, 6.07) is 6.67. The van der Waals surface area contributed by atoms with Crippen LogP contribution in [0.5, 0.6) is 0 Å². The predicted molar refractivity (Wildman–Crippen MR) is 120 cm³/mol. The first kappa shape index (κ1) is 40.6. The van der Waals surface area contributed by atoms with Gasteiger partial charge in [0.25, 0.3) is 0 Å². The molecular formula is C25H15F20NO2. The smallest absolute Gasteiger partial charge is 0.385 e. The van der Waals surface area contributed by atoms with Crippen molar-refractivity contribution in [1.82, 2.24) is 4.98 Å². The number of aromatic nitrogens is 1. The van der Waals surface area contributed by atoms with Crippen molar-refractivity contribution < 1.29 is 97.3 Å². The number of aryl methyl sites for hydroxylation is 1. The van der Waals surface area contributed by atoms with Gasteiger partial charge in [-0.2, -0.15) is 79.0 Å². The van der Waals surface area contributed by atoms with E-state index in [2.05, 4.69) is 9.72 Å². The minimum absolute atomic E-state index is 0.229. The number of ether oxygens (including phenoxy) is 1. The zero-order chi connectivity index (χ0) is 37.7. The molecule has 3 nitrogen and oxygen atoms in total. The lowest BCUT2D eigenvalue weighted by atomic mass is 9.86. The number of rotatable bonds is 14. The van der Waals surface area contributed by atoms with Crippen LogP contribution in [0, 0.1) is 0 Å². The molecule has 0 aliphatic carbocycles. The van der Waals surface area contributed by atoms with Crippen LogP contribution in [0.1, 0.15) is 22.8 Å². The lowest BCUT2D eigenvalue weighted by molar-refractivity contribution is -0.465. The summed E-state index contributed by atoms with van der Waals surface area (Å²) in [5, 5.41) is 0. The van der Waals surface area contributed by atoms with E-state index in [1.807, 2.05) is 0 Å². The largest absolute Gasteiger partial charge is 0.455 e. The van der Waals surface area contributed by atoms with Crippen molar-refractivity contribution in [2.45, 2.75) is 73.1 Å². The van der Waals surface area contributed by atoms with Gasteiger partial charge in [0.2, 0.25) is 0 Å². The normalized spacial score (nSPS) is 14.8. The number of esters is 1. The molecule has 1 aromatic heterocycles. The summed E-state index contributed by atoms with van der Waals surface area (Å²) >= 11 is 0. The van der Waals surface area contributed by atoms with Crippen LogP contribution < -0.4 is 0 Å². The van der Waals surface area contributed by atoms with Gasteiger partial charge < -0.3 is 4.74 Å². The molecule has 0 saturated heterocycles. The van der Waals surface area contributed by atoms with Gasteiger partial charge in [-0.25, -0.2) is 13.6 Å². The van der Waals surface area contributed by atoms with Crippen molar-refractivity contribution in [3.63, 3.8) is 0 Å². The van der Waals surface area contributed by atoms with E-state index in [1.165, 1.54) is 12.3 Å². The van der Waals surface area contributed by atoms with E-state index in [9.17, 15) is 92.6 Å². The third kappa shape index (κ3) is 5.98. The molecule has 0 radical (unpaired) electrons. The highest BCUT2D eigenvalue weighted by atomic mass is 19.4. The summed E-state index contributed by atoms with van der Waals surface area (Å²) in [7, 11) is 0. The Bertz CT molecular complexity index is 1440. The molecule has 0 N–H and O–H groups in total. The Balaban J connectivity index is 2.39. The Morgan fingerprint density at radius 2 is 1.04 bits per heavy atom. The van der Waals surface area contributed by atoms with E-state index in [0.29, 0.717) is 6.42 Å². The lowest BCUT2D eigenvalue weighted by Crippen LogP contribution is -2.76. The molecule has 0 fully saturated rings. The predicted octanol–water partition coefficient (Wildman–Crippen LogP) is 9.45. The molecular weight excluding hydrogens is 726 g/mol. The second kappa shape index (κ2) is 12.4. The van der Waals surface area contributed by atoms with Crippen LogP contribution in [0.15, 0.2) is 42.6 Å². The van der Waals surface area contributed by atoms with Crippen molar-refractivity contribution in [3.05, 3.63) is 53.7 Å². The van der Waals surface area contributed by atoms with Crippen LogP contribution in [0.25, 0.3) is 11.3 Å². The first-order valence-corrected chi connectivity index (χ1v) is 12.2. The van der Waals surface area contributed by atoms with Gasteiger partial charge in [0.15, 0.2) is 6.61 Å². The van der Waals surface area contributed by atoms with Crippen molar-refractivity contribution in [2.24, 2.45) is 0 Å². The third-order valence-electron chi connectivity index (χ3n) is 6.55. The quantitative estimate of drug-likeness (QED) is 0.143. The molecule has 2 rings (SSSR count). The Kier molecular flexibility index (Phi) is 10.5. The van der Waals surface area contributed by atoms with Gasteiger partial charge in [0.05, 0.1) is 11.3 Å². The maximum Gasteiger partial charge on any atom is 0.385 e. The first-order chi connectivity index (χ1) is 21.3. The maximum atomic E-state index is 14.1. The minimum atomic E-state index is -9.11. The van der Waals surface area contributed by atoms with E-state index in [4.69, 9.17) is 0 Å². The zero-order valence-corrected chi connectivity index (χ0v) is 22.9. The number of nitrogens with zero attached hydrogens (tertiary/aromatic N) is 1. The van der Waals surface area contributed by atoms with Crippen LogP contribution in [0.2, 0.25) is 0 Å². The fourth-order valence-corrected chi connectivity index (χ4v) is 3.47. The standard InChI is InChI=1S/C25H15F20NO2/c1-2-11-3-8-14(46-9-11)12-4-6-13(7-5-12)15(47)48-10-17(28,29)19(32,33)21(36,37)23(40,41)25(44,45)24(42,43)22(38,39)20(34,35)18(30,31)16(26)27/h3-9,16H,2,10H2,1H3. The number of benzene rings is 1. The van der Waals surface area contributed by atoms with Crippen LogP contribution in [-0.2, 0) is 11.2 Å². The second-order valence-corrected chi connectivity index (χ2v) is 9.71. The number of hydrogen-bond acceptors (Lipinski definition) is 3. The Labute approximate surface area is 253 Å². The number of hydrogen-bond donors (Lipinski definition) is 0. The number of pyridine rings is 1. The molecule has 0 atom stereocenters. The monoisotopic (exact) mass is 741 g/mol. The van der Waals surface area contributed by atoms with E-state index in [-0.39, 0.29) is 11.3 Å². The van der Waals surface area contributed by atoms with Crippen LogP contribution in [0.3, 0.4) is 0 Å². The topological polar surface area (TPSA) is 39.2 Å². The van der Waals surface area contributed by atoms with Gasteiger partial charge in [-0.1, -0.05) is 25.1 Å². The first-order valence-electron chi connectivity index (χ1n) is 12.2. The average Bonchev–Trinajstić information content (AvgIpc) is 2.99. The number of carbonyl (C=O) groups is 1. The SMILES string of the molecule is CCc1ccc(-c2ccc(C(=O)OCC(F)(F)C(F)(F)C(F)(F)C(F)(F)C(F)(F)C(F)(F)C(F)(F)C(F)(F)C(F)(F)C(F)F)cc2)nc1. The average molecular weight is 741 g/mol. The van der Waals surface area contributed by atoms with Crippen molar-refractivity contribution in [1.29, 1.82) is 0 Å². The molecule has 0 aliphatic heterocycles. The molecule has 2 aromatic rings. The highest BCUT2D eigenvalue weighted by Crippen LogP contribution is 2.65. The summed E-state index contributed by atoms with van der Waals surface area (Å²) in [6.07, 6.45) is -4.12. The molecule has 272 valence electrons. The highest BCUT2D eigenvalue weighted by Gasteiger charge is 2.96. The number of carbonyl (C=O) groups excluding carboxylic acids is 1. The van der Waals surface area contributed by atoms with Crippen LogP contribution >= 0.6 is 0 Å². The fourth-order valence-electron chi connectivity index (χ4n) is 3.47. The zero-order valence-electron chi connectivity index (χ0n) is 22.9. The summed E-state index contributed by atoms with van der Waals surface area (Å²) < 4.78 is 274. The van der Waals surface area contributed by atoms with E-state index >= 15 is 0 Å². The third-order valence-corrected chi connectivity index (χ3v) is 6.55. The molecule has 0 aliphatic rings. The molecule has 48 heavy (non-hydrogen) atoms. The van der Waals surface area contributed by atoms with Gasteiger partial charge in [-0.3, -0.25) is 4.98 Å². The summed E-state index contributed by atoms with van der Waals surface area (Å²) in [4.78, 5) is 16.0. The number of halogens is 20. The van der Waals surface area contributed by atoms with Crippen molar-refractivity contribution >= 4 is 5.97 Å². The summed E-state index contributed by atoms with van der Waals surface area (Å²) in [5.74, 6) is -78.3. The number of alkyl halides is 20. The van der Waals surface area contributed by atoms with E-state index < -0.39 is 77.9 Å². The van der Waals surface area contributed by atoms with Gasteiger partial charge in [0.1, 0.15) is 0 Å². The maximum absolute atomic E-state index is 14.1. The minimum Gasteiger partial charge on any atom is -0.455 e. The van der Waals surface area contributed by atoms with Crippen LogP contribution in [0.4, 0.5) is 87.8 Å². The van der Waals surface area contributed by atoms with Crippen molar-refractivity contribution in [3.8, 4) is 11.3 Å². The van der Waals surface area contributed by atoms with Crippen molar-refractivity contribution in [2.75, 3.05) is 6.61 Å². The fraction of sp³-hybridized carbons (Fsp3) is 0.520. The van der Waals surface area contributed by atoms with Crippen LogP contribution in [-0.4, -0.2) is 77.3 Å². The molecule has 1 heterocycles. The van der Waals surface area contributed by atoms with Gasteiger partial charge in [0, 0.05) is 11.8 Å². The molecule has 0 spiro atoms. The Morgan fingerprint density at radius 3 is 1.42 bits per heavy atom. The second-order valence-electron chi connectivity index (χ2n) is 9.71. The lowest BCUT2D eigenvalue weighted by Gasteiger charge is -2.44. The molecule has 1 aromatic carbocycles. The molecule has 23 heteroatoms. The molecule has 0 unspecified atom stereocenters. The summed E-state index contributed by atoms with van der Waals surface area (Å²) in [6.45, 7) is -1.65. The van der Waals surface area contributed by atoms with Gasteiger partial charge in [-0.05, 0) is 30.2 Å². The molecule has 0 saturated carbocycles. The van der Waals surface area contributed by atoms with Gasteiger partial charge in [-0.15, -0.1) is 0 Å². The Morgan fingerprint density at radius 1 is 0.625 bits per heavy atom. The van der Waals surface area contributed by atoms with E-state index in [1.54, 1.807) is 13.0 Å². The molecule has 0 bridgehead atoms. The Hall–Kier alpha value is -3.56. The van der Waals surface area contributed by atoms with E-state index in [0.717, 1.165) is 29.8 Å². The highest BCUT2D eigenvalue weighted by molar-refractivity contribution is 5.90. The molecule has 0 amide bonds.